The Bertz CT molecular complexity index is 769. The van der Waals surface area contributed by atoms with E-state index in [-0.39, 0.29) is 0 Å². The summed E-state index contributed by atoms with van der Waals surface area (Å²) in [6.07, 6.45) is 3.02. The molecule has 2 N–H and O–H groups in total. The van der Waals surface area contributed by atoms with Crippen molar-refractivity contribution < 1.29 is 18.4 Å². The third kappa shape index (κ3) is 6.46. The molecule has 2 aromatic carbocycles. The molecule has 0 unspecified atom stereocenters. The minimum Gasteiger partial charge on any atom is -0.325 e. The van der Waals surface area contributed by atoms with Gasteiger partial charge < -0.3 is 10.6 Å². The number of allylic oxidation sites excluding steroid dienone is 2. The number of hydrogen-bond acceptors (Lipinski definition) is 2. The van der Waals surface area contributed by atoms with Crippen LogP contribution in [-0.2, 0) is 9.59 Å². The van der Waals surface area contributed by atoms with Crippen molar-refractivity contribution in [2.75, 3.05) is 10.6 Å². The Balaban J connectivity index is 0.00000190. The van der Waals surface area contributed by atoms with Crippen molar-refractivity contribution in [1.82, 2.24) is 0 Å². The number of amides is 2. The molecule has 6 heteroatoms. The fourth-order valence-corrected chi connectivity index (χ4v) is 2.32. The van der Waals surface area contributed by atoms with E-state index >= 15 is 0 Å². The zero-order valence-electron chi connectivity index (χ0n) is 16.1. The molecule has 0 fully saturated rings. The molecule has 0 heterocycles. The number of halogens is 2. The van der Waals surface area contributed by atoms with Gasteiger partial charge in [0.05, 0.1) is 0 Å². The molecule has 0 aliphatic carbocycles. The maximum atomic E-state index is 13.0. The lowest BCUT2D eigenvalue weighted by molar-refractivity contribution is -0.127. The van der Waals surface area contributed by atoms with Crippen LogP contribution in [0.25, 0.3) is 0 Å². The molecule has 0 aromatic heterocycles. The average molecular weight is 386 g/mol. The van der Waals surface area contributed by atoms with Crippen molar-refractivity contribution in [3.63, 3.8) is 0 Å². The number of hydrogen-bond donors (Lipinski definition) is 2. The van der Waals surface area contributed by atoms with E-state index in [0.717, 1.165) is 0 Å². The molecule has 28 heavy (non-hydrogen) atoms. The molecular formula is C22H24F2N2O2. The van der Waals surface area contributed by atoms with Gasteiger partial charge in [-0.2, -0.15) is 0 Å². The predicted molar refractivity (Wildman–Crippen MR) is 109 cm³/mol. The van der Waals surface area contributed by atoms with Gasteiger partial charge in [-0.15, -0.1) is 0 Å². The van der Waals surface area contributed by atoms with Crippen molar-refractivity contribution in [2.24, 2.45) is 5.92 Å². The Kier molecular flexibility index (Phi) is 9.30. The summed E-state index contributed by atoms with van der Waals surface area (Å²) in [5.74, 6) is -3.23. The normalized spacial score (nSPS) is 10.6. The first-order valence-electron chi connectivity index (χ1n) is 8.86. The van der Waals surface area contributed by atoms with Crippen LogP contribution in [0, 0.1) is 17.6 Å². The summed E-state index contributed by atoms with van der Waals surface area (Å²) in [5.41, 5.74) is 1.12. The summed E-state index contributed by atoms with van der Waals surface area (Å²) in [4.78, 5) is 25.3. The molecule has 0 radical (unpaired) electrons. The summed E-state index contributed by atoms with van der Waals surface area (Å²) in [5, 5.41) is 5.16. The lowest BCUT2D eigenvalue weighted by Gasteiger charge is -2.18. The van der Waals surface area contributed by atoms with Crippen molar-refractivity contribution in [3.05, 3.63) is 84.5 Å². The van der Waals surface area contributed by atoms with Crippen LogP contribution in [0.15, 0.2) is 72.8 Å². The van der Waals surface area contributed by atoms with Crippen LogP contribution >= 0.6 is 0 Å². The molecule has 0 saturated heterocycles. The van der Waals surface area contributed by atoms with E-state index in [9.17, 15) is 18.4 Å². The summed E-state index contributed by atoms with van der Waals surface area (Å²) in [6.45, 7) is 9.31. The van der Waals surface area contributed by atoms with Gasteiger partial charge in [0.1, 0.15) is 17.6 Å². The second kappa shape index (κ2) is 11.4. The first kappa shape index (κ1) is 22.8. The minimum absolute atomic E-state index is 0.357. The van der Waals surface area contributed by atoms with Crippen molar-refractivity contribution in [2.45, 2.75) is 20.8 Å². The van der Waals surface area contributed by atoms with Crippen molar-refractivity contribution in [3.8, 4) is 0 Å². The zero-order valence-corrected chi connectivity index (χ0v) is 16.1. The smallest absolute Gasteiger partial charge is 0.241 e. The first-order valence-corrected chi connectivity index (χ1v) is 8.86. The van der Waals surface area contributed by atoms with Gasteiger partial charge in [-0.25, -0.2) is 8.78 Å². The Labute approximate surface area is 164 Å². The lowest BCUT2D eigenvalue weighted by atomic mass is 9.96. The van der Waals surface area contributed by atoms with Gasteiger partial charge >= 0.3 is 0 Å². The van der Waals surface area contributed by atoms with Crippen LogP contribution in [0.5, 0.6) is 0 Å². The molecule has 4 nitrogen and oxygen atoms in total. The summed E-state index contributed by atoms with van der Waals surface area (Å²) >= 11 is 0. The highest BCUT2D eigenvalue weighted by Gasteiger charge is 2.29. The van der Waals surface area contributed by atoms with E-state index in [1.807, 2.05) is 13.8 Å². The molecule has 2 amide bonds. The molecule has 0 atom stereocenters. The van der Waals surface area contributed by atoms with E-state index in [2.05, 4.69) is 17.2 Å². The predicted octanol–water partition coefficient (Wildman–Crippen LogP) is 5.32. The van der Waals surface area contributed by atoms with Gasteiger partial charge in [0.15, 0.2) is 0 Å². The molecule has 2 rings (SSSR count). The van der Waals surface area contributed by atoms with Gasteiger partial charge in [0.25, 0.3) is 0 Å². The van der Waals surface area contributed by atoms with Crippen LogP contribution in [0.1, 0.15) is 20.8 Å². The second-order valence-corrected chi connectivity index (χ2v) is 5.42. The number of carbonyl (C=O) groups is 2. The van der Waals surface area contributed by atoms with Crippen LogP contribution in [0.2, 0.25) is 0 Å². The van der Waals surface area contributed by atoms with Gasteiger partial charge in [-0.1, -0.05) is 32.6 Å². The van der Waals surface area contributed by atoms with Gasteiger partial charge in [-0.3, -0.25) is 9.59 Å². The van der Waals surface area contributed by atoms with Crippen LogP contribution in [0.4, 0.5) is 20.2 Å². The van der Waals surface area contributed by atoms with Crippen molar-refractivity contribution >= 4 is 23.2 Å². The monoisotopic (exact) mass is 386 g/mol. The molecule has 148 valence electrons. The largest absolute Gasteiger partial charge is 0.325 e. The van der Waals surface area contributed by atoms with E-state index in [0.29, 0.717) is 16.9 Å². The molecule has 0 saturated carbocycles. The molecule has 0 spiro atoms. The van der Waals surface area contributed by atoms with E-state index < -0.39 is 29.4 Å². The fourth-order valence-electron chi connectivity index (χ4n) is 2.32. The average Bonchev–Trinajstić information content (AvgIpc) is 2.70. The molecular weight excluding hydrogens is 362 g/mol. The van der Waals surface area contributed by atoms with Gasteiger partial charge in [0, 0.05) is 11.4 Å². The number of nitrogens with one attached hydrogen (secondary N) is 2. The number of benzene rings is 2. The molecule has 0 aliphatic rings. The van der Waals surface area contributed by atoms with E-state index in [1.165, 1.54) is 54.6 Å². The Morgan fingerprint density at radius 3 is 1.50 bits per heavy atom. The highest BCUT2D eigenvalue weighted by Crippen LogP contribution is 2.19. The number of anilines is 2. The Morgan fingerprint density at radius 2 is 1.21 bits per heavy atom. The maximum Gasteiger partial charge on any atom is 0.241 e. The first-order chi connectivity index (χ1) is 13.4. The molecule has 0 bridgehead atoms. The van der Waals surface area contributed by atoms with Gasteiger partial charge in [0.2, 0.25) is 11.8 Å². The van der Waals surface area contributed by atoms with Gasteiger partial charge in [-0.05, 0) is 61.0 Å². The van der Waals surface area contributed by atoms with E-state index in [4.69, 9.17) is 0 Å². The van der Waals surface area contributed by atoms with Crippen LogP contribution in [0.3, 0.4) is 0 Å². The van der Waals surface area contributed by atoms with Crippen molar-refractivity contribution in [1.29, 1.82) is 0 Å². The minimum atomic E-state index is -1.17. The topological polar surface area (TPSA) is 58.2 Å². The highest BCUT2D eigenvalue weighted by molar-refractivity contribution is 6.13. The maximum absolute atomic E-state index is 13.0. The van der Waals surface area contributed by atoms with Crippen LogP contribution < -0.4 is 10.6 Å². The zero-order chi connectivity index (χ0) is 21.1. The Morgan fingerprint density at radius 1 is 0.857 bits per heavy atom. The fraction of sp³-hybridized carbons (Fsp3) is 0.182. The summed E-state index contributed by atoms with van der Waals surface area (Å²) < 4.78 is 26.0. The van der Waals surface area contributed by atoms with Crippen LogP contribution in [-0.4, -0.2) is 11.8 Å². The quantitative estimate of drug-likeness (QED) is 0.522. The SMILES string of the molecule is C=C/C(=C\C)C(C(=O)Nc1ccc(F)cc1)C(=O)Nc1ccc(F)cc1.CC. The lowest BCUT2D eigenvalue weighted by Crippen LogP contribution is -2.35. The molecule has 2 aromatic rings. The Hall–Kier alpha value is -3.28. The number of carbonyl (C=O) groups excluding carboxylic acids is 2. The third-order valence-electron chi connectivity index (χ3n) is 3.65. The summed E-state index contributed by atoms with van der Waals surface area (Å²) in [7, 11) is 0. The molecule has 0 aliphatic heterocycles. The van der Waals surface area contributed by atoms with E-state index in [1.54, 1.807) is 13.0 Å². The number of rotatable bonds is 6. The second-order valence-electron chi connectivity index (χ2n) is 5.42. The highest BCUT2D eigenvalue weighted by atomic mass is 19.1. The standard InChI is InChI=1S/C20H18F2N2O2.C2H6/c1-3-13(4-2)18(19(25)23-16-9-5-14(21)6-10-16)20(26)24-17-11-7-15(22)8-12-17;1-2/h3-12,18H,1H2,2H3,(H,23,25)(H,24,26);1-2H3/b13-4+;. The third-order valence-corrected chi connectivity index (χ3v) is 3.65. The summed E-state index contributed by atoms with van der Waals surface area (Å²) in [6, 6.07) is 10.4.